The minimum atomic E-state index is -1.80. The zero-order chi connectivity index (χ0) is 26.2. The monoisotopic (exact) mass is 516 g/mol. The predicted octanol–water partition coefficient (Wildman–Crippen LogP) is -1.05. The summed E-state index contributed by atoms with van der Waals surface area (Å²) >= 11 is 0. The van der Waals surface area contributed by atoms with E-state index >= 15 is 0 Å². The maximum Gasteiger partial charge on any atom is 0.335 e. The van der Waals surface area contributed by atoms with E-state index in [0.717, 1.165) is 25.1 Å². The van der Waals surface area contributed by atoms with Crippen LogP contribution >= 0.6 is 0 Å². The summed E-state index contributed by atoms with van der Waals surface area (Å²) in [4.78, 5) is 27.0. The SMILES string of the molecule is COc1ccc2c3c1OC1C(NC(=O)CC4O[C@H](C(=O)O)[C@@H](O)[C@H](O)[C@H]4O)C=CC4C(C2)N(C)CCC341. The number of benzene rings is 1. The van der Waals surface area contributed by atoms with Gasteiger partial charge >= 0.3 is 5.97 Å². The number of nitrogens with zero attached hydrogens (tertiary/aromatic N) is 1. The second-order valence-corrected chi connectivity index (χ2v) is 10.8. The molecule has 2 aliphatic carbocycles. The summed E-state index contributed by atoms with van der Waals surface area (Å²) in [6.45, 7) is 0.893. The Morgan fingerprint density at radius 1 is 1.19 bits per heavy atom. The van der Waals surface area contributed by atoms with Crippen LogP contribution in [-0.2, 0) is 26.2 Å². The summed E-state index contributed by atoms with van der Waals surface area (Å²) < 4.78 is 17.5. The van der Waals surface area contributed by atoms with Crippen LogP contribution in [0.2, 0.25) is 0 Å². The molecule has 5 N–H and O–H groups in total. The standard InChI is InChI=1S/C26H32N2O9/c1-28-8-7-26-12-4-5-13(24(26)37-22-15(35-2)6-3-11(18(22)26)9-14(12)28)27-17(29)10-16-19(30)20(31)21(32)23(36-16)25(33)34/h3-6,12-14,16,19-21,23-24,30-32H,7-10H2,1-2H3,(H,27,29)(H,33,34)/t12?,13?,14?,16?,19-,20+,21-,23-,24?,26?/m0/s1. The number of likely N-dealkylation sites (N-methyl/N-ethyl adjacent to an activating group) is 1. The van der Waals surface area contributed by atoms with Gasteiger partial charge in [-0.1, -0.05) is 18.2 Å². The van der Waals surface area contributed by atoms with Crippen LogP contribution in [-0.4, -0.2) is 107 Å². The zero-order valence-corrected chi connectivity index (χ0v) is 20.6. The molecule has 1 aromatic carbocycles. The van der Waals surface area contributed by atoms with Gasteiger partial charge in [-0.15, -0.1) is 0 Å². The normalized spacial score (nSPS) is 41.5. The maximum absolute atomic E-state index is 13.1. The Balaban J connectivity index is 1.27. The van der Waals surface area contributed by atoms with Crippen LogP contribution in [0.5, 0.6) is 11.5 Å². The van der Waals surface area contributed by atoms with Gasteiger partial charge in [-0.25, -0.2) is 4.79 Å². The van der Waals surface area contributed by atoms with Crippen LogP contribution in [0.25, 0.3) is 0 Å². The predicted molar refractivity (Wildman–Crippen MR) is 127 cm³/mol. The smallest absolute Gasteiger partial charge is 0.335 e. The molecule has 2 saturated heterocycles. The Morgan fingerprint density at radius 2 is 1.97 bits per heavy atom. The third-order valence-corrected chi connectivity index (χ3v) is 9.05. The molecular formula is C26H32N2O9. The Morgan fingerprint density at radius 3 is 2.70 bits per heavy atom. The molecule has 2 fully saturated rings. The summed E-state index contributed by atoms with van der Waals surface area (Å²) in [6, 6.07) is 3.87. The van der Waals surface area contributed by atoms with Crippen molar-refractivity contribution in [1.29, 1.82) is 0 Å². The number of methoxy groups -OCH3 is 1. The number of rotatable bonds is 5. The fourth-order valence-electron chi connectivity index (χ4n) is 7.29. The highest BCUT2D eigenvalue weighted by Crippen LogP contribution is 2.62. The minimum absolute atomic E-state index is 0.210. The van der Waals surface area contributed by atoms with E-state index in [4.69, 9.17) is 14.2 Å². The molecule has 11 heteroatoms. The molecule has 3 aliphatic heterocycles. The molecule has 5 aliphatic rings. The molecule has 6 rings (SSSR count). The second kappa shape index (κ2) is 8.67. The average molecular weight is 517 g/mol. The molecule has 10 atom stereocenters. The number of piperidine rings is 1. The van der Waals surface area contributed by atoms with Gasteiger partial charge in [-0.05, 0) is 38.1 Å². The average Bonchev–Trinajstić information content (AvgIpc) is 3.22. The van der Waals surface area contributed by atoms with E-state index < -0.39 is 54.9 Å². The number of aliphatic hydroxyl groups excluding tert-OH is 3. The highest BCUT2D eigenvalue weighted by atomic mass is 16.6. The molecule has 6 unspecified atom stereocenters. The van der Waals surface area contributed by atoms with E-state index in [9.17, 15) is 30.0 Å². The van der Waals surface area contributed by atoms with Crippen molar-refractivity contribution in [3.8, 4) is 11.5 Å². The number of aliphatic hydroxyl groups is 3. The molecule has 1 aromatic rings. The first-order chi connectivity index (χ1) is 17.7. The van der Waals surface area contributed by atoms with Crippen LogP contribution in [0.15, 0.2) is 24.3 Å². The number of ether oxygens (including phenoxy) is 3. The highest BCUT2D eigenvalue weighted by Gasteiger charge is 2.64. The summed E-state index contributed by atoms with van der Waals surface area (Å²) in [5.74, 6) is -0.377. The van der Waals surface area contributed by atoms with Gasteiger partial charge in [0.2, 0.25) is 5.91 Å². The van der Waals surface area contributed by atoms with Crippen molar-refractivity contribution in [1.82, 2.24) is 10.2 Å². The van der Waals surface area contributed by atoms with E-state index in [1.165, 1.54) is 11.1 Å². The quantitative estimate of drug-likeness (QED) is 0.306. The maximum atomic E-state index is 13.1. The fourth-order valence-corrected chi connectivity index (χ4v) is 7.29. The highest BCUT2D eigenvalue weighted by molar-refractivity contribution is 5.78. The molecule has 0 aromatic heterocycles. The largest absolute Gasteiger partial charge is 0.493 e. The molecule has 2 bridgehead atoms. The topological polar surface area (TPSA) is 158 Å². The molecular weight excluding hydrogens is 484 g/mol. The van der Waals surface area contributed by atoms with Crippen molar-refractivity contribution in [3.63, 3.8) is 0 Å². The van der Waals surface area contributed by atoms with E-state index in [2.05, 4.69) is 29.4 Å². The van der Waals surface area contributed by atoms with Gasteiger partial charge < -0.3 is 44.9 Å². The number of amides is 1. The number of carbonyl (C=O) groups excluding carboxylic acids is 1. The summed E-state index contributed by atoms with van der Waals surface area (Å²) in [5.41, 5.74) is 2.08. The first-order valence-corrected chi connectivity index (χ1v) is 12.6. The van der Waals surface area contributed by atoms with Gasteiger partial charge in [0.1, 0.15) is 24.4 Å². The lowest BCUT2D eigenvalue weighted by Crippen LogP contribution is -2.67. The lowest BCUT2D eigenvalue weighted by atomic mass is 9.53. The summed E-state index contributed by atoms with van der Waals surface area (Å²) in [5, 5.41) is 42.6. The third kappa shape index (κ3) is 3.45. The Bertz CT molecular complexity index is 1160. The lowest BCUT2D eigenvalue weighted by Gasteiger charge is -2.57. The molecule has 1 spiro atoms. The van der Waals surface area contributed by atoms with Gasteiger partial charge in [-0.2, -0.15) is 0 Å². The third-order valence-electron chi connectivity index (χ3n) is 9.05. The summed E-state index contributed by atoms with van der Waals surface area (Å²) in [6.07, 6.45) is -3.09. The molecule has 0 saturated carbocycles. The van der Waals surface area contributed by atoms with Crippen molar-refractivity contribution < 1.29 is 44.2 Å². The number of carboxylic acids is 1. The van der Waals surface area contributed by atoms with Crippen LogP contribution < -0.4 is 14.8 Å². The molecule has 200 valence electrons. The van der Waals surface area contributed by atoms with Crippen molar-refractivity contribution in [2.75, 3.05) is 20.7 Å². The minimum Gasteiger partial charge on any atom is -0.493 e. The van der Waals surface area contributed by atoms with Crippen molar-refractivity contribution in [3.05, 3.63) is 35.4 Å². The number of likely N-dealkylation sites (tertiary alicyclic amines) is 1. The molecule has 37 heavy (non-hydrogen) atoms. The van der Waals surface area contributed by atoms with Crippen LogP contribution in [0.1, 0.15) is 24.0 Å². The molecule has 11 nitrogen and oxygen atoms in total. The van der Waals surface area contributed by atoms with Crippen molar-refractivity contribution >= 4 is 11.9 Å². The number of nitrogens with one attached hydrogen (secondary N) is 1. The van der Waals surface area contributed by atoms with Crippen LogP contribution in [0.3, 0.4) is 0 Å². The number of carbonyl (C=O) groups is 2. The number of carboxylic acid groups (broad SMARTS) is 1. The van der Waals surface area contributed by atoms with Gasteiger partial charge in [0.05, 0.1) is 25.7 Å². The Labute approximate surface area is 213 Å². The van der Waals surface area contributed by atoms with Crippen molar-refractivity contribution in [2.45, 2.75) is 73.4 Å². The van der Waals surface area contributed by atoms with Gasteiger partial charge in [0.25, 0.3) is 0 Å². The number of hydrogen-bond donors (Lipinski definition) is 5. The number of aliphatic carboxylic acids is 1. The molecule has 1 amide bonds. The van der Waals surface area contributed by atoms with E-state index in [0.29, 0.717) is 11.8 Å². The Kier molecular flexibility index (Phi) is 5.77. The van der Waals surface area contributed by atoms with Crippen LogP contribution in [0, 0.1) is 5.92 Å². The van der Waals surface area contributed by atoms with E-state index in [1.54, 1.807) is 7.11 Å². The molecule has 0 radical (unpaired) electrons. The molecule has 3 heterocycles. The first kappa shape index (κ1) is 24.6. The zero-order valence-electron chi connectivity index (χ0n) is 20.6. The number of hydrogen-bond acceptors (Lipinski definition) is 9. The van der Waals surface area contributed by atoms with Crippen LogP contribution in [0.4, 0.5) is 0 Å². The Hall–Kier alpha value is -2.70. The van der Waals surface area contributed by atoms with Gasteiger partial charge in [-0.3, -0.25) is 4.79 Å². The fraction of sp³-hybridized carbons (Fsp3) is 0.615. The summed E-state index contributed by atoms with van der Waals surface area (Å²) in [7, 11) is 3.76. The lowest BCUT2D eigenvalue weighted by molar-refractivity contribution is -0.228. The van der Waals surface area contributed by atoms with E-state index in [-0.39, 0.29) is 17.4 Å². The van der Waals surface area contributed by atoms with Gasteiger partial charge in [0, 0.05) is 22.9 Å². The second-order valence-electron chi connectivity index (χ2n) is 10.8. The van der Waals surface area contributed by atoms with Gasteiger partial charge in [0.15, 0.2) is 17.6 Å². The van der Waals surface area contributed by atoms with E-state index in [1.807, 2.05) is 12.1 Å². The first-order valence-electron chi connectivity index (χ1n) is 12.6. The van der Waals surface area contributed by atoms with Crippen molar-refractivity contribution in [2.24, 2.45) is 5.92 Å².